The number of hydrogen-bond acceptors (Lipinski definition) is 3. The van der Waals surface area contributed by atoms with E-state index in [-0.39, 0.29) is 0 Å². The van der Waals surface area contributed by atoms with E-state index in [0.29, 0.717) is 11.5 Å². The highest BCUT2D eigenvalue weighted by atomic mass is 16.6. The number of benzene rings is 10. The molecule has 0 N–H and O–H groups in total. The van der Waals surface area contributed by atoms with Crippen molar-refractivity contribution in [2.24, 2.45) is 0 Å². The minimum absolute atomic E-state index is 0.457. The number of fused-ring (bicyclic) bond motifs is 13. The number of hydrogen-bond donors (Lipinski definition) is 0. The molecule has 0 radical (unpaired) electrons. The average molecular weight is 818 g/mol. The summed E-state index contributed by atoms with van der Waals surface area (Å²) in [7, 11) is 0. The van der Waals surface area contributed by atoms with E-state index >= 15 is 0 Å². The molecule has 0 bridgehead atoms. The average Bonchev–Trinajstić information content (AvgIpc) is 3.84. The maximum Gasteiger partial charge on any atom is 0.178 e. The normalized spacial score (nSPS) is 13.1. The smallest absolute Gasteiger partial charge is 0.178 e. The second kappa shape index (κ2) is 14.3. The molecule has 0 fully saturated rings. The van der Waals surface area contributed by atoms with Crippen LogP contribution >= 0.6 is 0 Å². The lowest BCUT2D eigenvalue weighted by molar-refractivity contribution is 0.360. The van der Waals surface area contributed by atoms with Crippen molar-refractivity contribution in [3.05, 3.63) is 259 Å². The van der Waals surface area contributed by atoms with Gasteiger partial charge in [0.15, 0.2) is 23.0 Å². The molecule has 0 saturated heterocycles. The van der Waals surface area contributed by atoms with Crippen LogP contribution in [0.1, 0.15) is 22.3 Å². The van der Waals surface area contributed by atoms with Gasteiger partial charge in [0, 0.05) is 22.6 Å². The maximum absolute atomic E-state index is 7.06. The highest BCUT2D eigenvalue weighted by Crippen LogP contribution is 2.66. The Kier molecular flexibility index (Phi) is 8.13. The Labute approximate surface area is 372 Å². The standard InChI is InChI=1S/C61H39NO2/c1-4-16-40(17-5-1)44-36-45(41-18-6-2-7-19-41)38-48(37-44)62(46-20-8-3-9-21-46)47-31-28-42(29-32-47)43-30-34-56-58(39-43)64-60-57(63-56)35-33-55-59(60)51-24-12-15-27-54(51)61(55)52-25-13-10-22-49(52)50-23-11-14-26-53(50)61/h1-39H. The molecule has 3 heteroatoms. The largest absolute Gasteiger partial charge is 0.449 e. The molecular formula is C61H39NO2. The molecule has 3 aliphatic rings. The first-order valence-corrected chi connectivity index (χ1v) is 21.9. The third kappa shape index (κ3) is 5.47. The van der Waals surface area contributed by atoms with Crippen LogP contribution in [0.15, 0.2) is 237 Å². The molecule has 13 rings (SSSR count). The van der Waals surface area contributed by atoms with Crippen LogP contribution < -0.4 is 14.4 Å². The van der Waals surface area contributed by atoms with Gasteiger partial charge in [-0.1, -0.05) is 176 Å². The zero-order valence-corrected chi connectivity index (χ0v) is 34.8. The Morgan fingerprint density at radius 3 is 1.39 bits per heavy atom. The summed E-state index contributed by atoms with van der Waals surface area (Å²) in [6.45, 7) is 0. The van der Waals surface area contributed by atoms with Crippen LogP contribution in [0.2, 0.25) is 0 Å². The van der Waals surface area contributed by atoms with E-state index in [2.05, 4.69) is 235 Å². The van der Waals surface area contributed by atoms with Crippen LogP contribution in [0, 0.1) is 0 Å². The quantitative estimate of drug-likeness (QED) is 0.167. The summed E-state index contributed by atoms with van der Waals surface area (Å²) in [4.78, 5) is 2.34. The van der Waals surface area contributed by atoms with Crippen LogP contribution in [-0.2, 0) is 5.41 Å². The van der Waals surface area contributed by atoms with Crippen molar-refractivity contribution in [1.29, 1.82) is 0 Å². The fourth-order valence-corrected chi connectivity index (χ4v) is 10.6. The highest BCUT2D eigenvalue weighted by molar-refractivity contribution is 5.98. The minimum Gasteiger partial charge on any atom is -0.449 e. The maximum atomic E-state index is 7.06. The Balaban J connectivity index is 0.888. The second-order valence-corrected chi connectivity index (χ2v) is 16.8. The summed E-state index contributed by atoms with van der Waals surface area (Å²) < 4.78 is 13.8. The Hall–Kier alpha value is -8.40. The van der Waals surface area contributed by atoms with Crippen molar-refractivity contribution >= 4 is 17.1 Å². The van der Waals surface area contributed by atoms with E-state index in [4.69, 9.17) is 9.47 Å². The lowest BCUT2D eigenvalue weighted by Crippen LogP contribution is -2.25. The summed E-state index contributed by atoms with van der Waals surface area (Å²) in [6, 6.07) is 84.8. The van der Waals surface area contributed by atoms with Crippen LogP contribution in [0.3, 0.4) is 0 Å². The molecule has 1 spiro atoms. The van der Waals surface area contributed by atoms with Gasteiger partial charge in [-0.25, -0.2) is 0 Å². The third-order valence-electron chi connectivity index (χ3n) is 13.3. The molecule has 64 heavy (non-hydrogen) atoms. The van der Waals surface area contributed by atoms with Gasteiger partial charge in [-0.3, -0.25) is 0 Å². The summed E-state index contributed by atoms with van der Waals surface area (Å²) in [5.74, 6) is 2.88. The van der Waals surface area contributed by atoms with Gasteiger partial charge in [0.1, 0.15) is 0 Å². The number of rotatable bonds is 6. The monoisotopic (exact) mass is 817 g/mol. The van der Waals surface area contributed by atoms with Gasteiger partial charge in [0.05, 0.1) is 5.41 Å². The second-order valence-electron chi connectivity index (χ2n) is 16.8. The SMILES string of the molecule is c1ccc(-c2cc(-c3ccccc3)cc(N(c3ccccc3)c3ccc(-c4ccc5c(c4)Oc4c(ccc6c4-c4ccccc4C64c6ccccc6-c6ccccc64)O5)cc3)c2)cc1. The Morgan fingerprint density at radius 1 is 0.281 bits per heavy atom. The zero-order chi connectivity index (χ0) is 42.2. The molecule has 0 unspecified atom stereocenters. The van der Waals surface area contributed by atoms with E-state index in [0.717, 1.165) is 56.4 Å². The molecule has 300 valence electrons. The summed E-state index contributed by atoms with van der Waals surface area (Å²) in [6.07, 6.45) is 0. The first-order valence-electron chi connectivity index (χ1n) is 21.9. The number of nitrogens with zero attached hydrogens (tertiary/aromatic N) is 1. The Morgan fingerprint density at radius 2 is 0.766 bits per heavy atom. The summed E-state index contributed by atoms with van der Waals surface area (Å²) in [5.41, 5.74) is 19.5. The summed E-state index contributed by atoms with van der Waals surface area (Å²) in [5, 5.41) is 0. The van der Waals surface area contributed by atoms with Gasteiger partial charge >= 0.3 is 0 Å². The third-order valence-corrected chi connectivity index (χ3v) is 13.3. The predicted molar refractivity (Wildman–Crippen MR) is 260 cm³/mol. The van der Waals surface area contributed by atoms with Gasteiger partial charge in [0.2, 0.25) is 0 Å². The Bertz CT molecular complexity index is 3330. The molecule has 10 aromatic rings. The predicted octanol–water partition coefficient (Wildman–Crippen LogP) is 16.4. The van der Waals surface area contributed by atoms with Crippen LogP contribution in [0.5, 0.6) is 23.0 Å². The number of para-hydroxylation sites is 1. The fraction of sp³-hybridized carbons (Fsp3) is 0.0164. The van der Waals surface area contributed by atoms with Gasteiger partial charge in [-0.05, 0) is 133 Å². The van der Waals surface area contributed by atoms with Gasteiger partial charge in [-0.15, -0.1) is 0 Å². The lowest BCUT2D eigenvalue weighted by Gasteiger charge is -2.31. The first kappa shape index (κ1) is 36.3. The molecule has 0 atom stereocenters. The molecule has 0 saturated carbocycles. The number of ether oxygens (including phenoxy) is 2. The van der Waals surface area contributed by atoms with Crippen LogP contribution in [0.25, 0.3) is 55.6 Å². The van der Waals surface area contributed by atoms with Crippen LogP contribution in [-0.4, -0.2) is 0 Å². The van der Waals surface area contributed by atoms with E-state index in [1.54, 1.807) is 0 Å². The number of anilines is 3. The van der Waals surface area contributed by atoms with E-state index < -0.39 is 5.41 Å². The lowest BCUT2D eigenvalue weighted by atomic mass is 9.70. The fourth-order valence-electron chi connectivity index (χ4n) is 10.6. The van der Waals surface area contributed by atoms with Crippen LogP contribution in [0.4, 0.5) is 17.1 Å². The topological polar surface area (TPSA) is 21.7 Å². The molecule has 3 nitrogen and oxygen atoms in total. The van der Waals surface area contributed by atoms with E-state index in [1.807, 2.05) is 6.07 Å². The molecule has 0 aromatic heterocycles. The van der Waals surface area contributed by atoms with E-state index in [9.17, 15) is 0 Å². The minimum atomic E-state index is -0.457. The van der Waals surface area contributed by atoms with Crippen molar-refractivity contribution in [2.45, 2.75) is 5.41 Å². The van der Waals surface area contributed by atoms with Crippen molar-refractivity contribution < 1.29 is 9.47 Å². The molecular weight excluding hydrogens is 779 g/mol. The molecule has 10 aromatic carbocycles. The highest BCUT2D eigenvalue weighted by Gasteiger charge is 2.53. The molecule has 0 amide bonds. The van der Waals surface area contributed by atoms with Crippen molar-refractivity contribution in [2.75, 3.05) is 4.90 Å². The van der Waals surface area contributed by atoms with Crippen molar-refractivity contribution in [3.63, 3.8) is 0 Å². The zero-order valence-electron chi connectivity index (χ0n) is 34.8. The van der Waals surface area contributed by atoms with Gasteiger partial charge < -0.3 is 14.4 Å². The van der Waals surface area contributed by atoms with Gasteiger partial charge in [0.25, 0.3) is 0 Å². The summed E-state index contributed by atoms with van der Waals surface area (Å²) >= 11 is 0. The van der Waals surface area contributed by atoms with Gasteiger partial charge in [-0.2, -0.15) is 0 Å². The molecule has 1 aliphatic heterocycles. The molecule has 2 aliphatic carbocycles. The van der Waals surface area contributed by atoms with E-state index in [1.165, 1.54) is 50.1 Å². The van der Waals surface area contributed by atoms with Crippen molar-refractivity contribution in [3.8, 4) is 78.6 Å². The first-order chi connectivity index (χ1) is 31.7. The molecule has 1 heterocycles. The van der Waals surface area contributed by atoms with Crippen molar-refractivity contribution in [1.82, 2.24) is 0 Å².